The molecule has 2 amide bonds. The number of hydrogen-bond acceptors (Lipinski definition) is 2. The van der Waals surface area contributed by atoms with Crippen molar-refractivity contribution < 1.29 is 9.59 Å². The summed E-state index contributed by atoms with van der Waals surface area (Å²) >= 11 is 0. The number of nitrogens with zero attached hydrogens (tertiary/aromatic N) is 1. The third-order valence-corrected chi connectivity index (χ3v) is 5.01. The van der Waals surface area contributed by atoms with E-state index in [1.54, 1.807) is 0 Å². The van der Waals surface area contributed by atoms with E-state index in [4.69, 9.17) is 0 Å². The van der Waals surface area contributed by atoms with Gasteiger partial charge >= 0.3 is 0 Å². The highest BCUT2D eigenvalue weighted by atomic mass is 16.2. The molecule has 2 aromatic carbocycles. The van der Waals surface area contributed by atoms with Gasteiger partial charge in [0.15, 0.2) is 0 Å². The molecule has 0 saturated carbocycles. The number of rotatable bonds is 5. The zero-order valence-electron chi connectivity index (χ0n) is 16.4. The van der Waals surface area contributed by atoms with Crippen LogP contribution in [0, 0.1) is 12.8 Å². The number of hydrogen-bond donors (Lipinski definition) is 1. The normalized spacial score (nSPS) is 13.4. The van der Waals surface area contributed by atoms with E-state index < -0.39 is 0 Å². The van der Waals surface area contributed by atoms with E-state index in [2.05, 4.69) is 19.2 Å². The van der Waals surface area contributed by atoms with Crippen molar-refractivity contribution in [2.75, 3.05) is 18.0 Å². The SMILES string of the molecule is Cc1ccc(C(=O)N2CCCc3cc(C(=O)NCCC(C)C)ccc32)cc1. The fourth-order valence-corrected chi connectivity index (χ4v) is 3.38. The number of carbonyl (C=O) groups is 2. The Labute approximate surface area is 161 Å². The highest BCUT2D eigenvalue weighted by Crippen LogP contribution is 2.29. The van der Waals surface area contributed by atoms with Crippen molar-refractivity contribution in [2.45, 2.75) is 40.0 Å². The summed E-state index contributed by atoms with van der Waals surface area (Å²) in [6.45, 7) is 7.69. The molecule has 0 spiro atoms. The quantitative estimate of drug-likeness (QED) is 0.857. The monoisotopic (exact) mass is 364 g/mol. The minimum atomic E-state index is -0.0413. The molecule has 4 heteroatoms. The van der Waals surface area contributed by atoms with Crippen LogP contribution >= 0.6 is 0 Å². The first-order valence-corrected chi connectivity index (χ1v) is 9.75. The van der Waals surface area contributed by atoms with Crippen LogP contribution in [-0.2, 0) is 6.42 Å². The lowest BCUT2D eigenvalue weighted by Gasteiger charge is -2.30. The molecule has 3 rings (SSSR count). The molecular weight excluding hydrogens is 336 g/mol. The lowest BCUT2D eigenvalue weighted by molar-refractivity contribution is 0.0951. The van der Waals surface area contributed by atoms with Crippen LogP contribution in [0.5, 0.6) is 0 Å². The first-order chi connectivity index (χ1) is 13.0. The molecule has 0 bridgehead atoms. The Morgan fingerprint density at radius 1 is 1.07 bits per heavy atom. The van der Waals surface area contributed by atoms with E-state index in [0.29, 0.717) is 30.1 Å². The average Bonchev–Trinajstić information content (AvgIpc) is 2.66. The summed E-state index contributed by atoms with van der Waals surface area (Å²) in [4.78, 5) is 27.2. The molecule has 1 aliphatic heterocycles. The Kier molecular flexibility index (Phi) is 5.94. The van der Waals surface area contributed by atoms with Gasteiger partial charge in [-0.2, -0.15) is 0 Å². The van der Waals surface area contributed by atoms with Crippen LogP contribution in [-0.4, -0.2) is 24.9 Å². The van der Waals surface area contributed by atoms with Crippen molar-refractivity contribution in [3.63, 3.8) is 0 Å². The third kappa shape index (κ3) is 4.57. The number of fused-ring (bicyclic) bond motifs is 1. The molecule has 27 heavy (non-hydrogen) atoms. The Morgan fingerprint density at radius 3 is 2.48 bits per heavy atom. The van der Waals surface area contributed by atoms with Gasteiger partial charge in [-0.25, -0.2) is 0 Å². The number of nitrogens with one attached hydrogen (secondary N) is 1. The van der Waals surface area contributed by atoms with Gasteiger partial charge in [0.05, 0.1) is 0 Å². The first-order valence-electron chi connectivity index (χ1n) is 9.75. The molecule has 0 atom stereocenters. The number of anilines is 1. The Hall–Kier alpha value is -2.62. The fourth-order valence-electron chi connectivity index (χ4n) is 3.38. The van der Waals surface area contributed by atoms with Crippen molar-refractivity contribution >= 4 is 17.5 Å². The number of carbonyl (C=O) groups excluding carboxylic acids is 2. The molecule has 4 nitrogen and oxygen atoms in total. The molecule has 0 unspecified atom stereocenters. The van der Waals surface area contributed by atoms with Gasteiger partial charge in [-0.3, -0.25) is 9.59 Å². The summed E-state index contributed by atoms with van der Waals surface area (Å²) in [6.07, 6.45) is 2.76. The Balaban J connectivity index is 1.77. The van der Waals surface area contributed by atoms with Crippen LogP contribution in [0.15, 0.2) is 42.5 Å². The van der Waals surface area contributed by atoms with Gasteiger partial charge in [0.2, 0.25) is 0 Å². The van der Waals surface area contributed by atoms with Crippen LogP contribution in [0.25, 0.3) is 0 Å². The number of amides is 2. The predicted molar refractivity (Wildman–Crippen MR) is 109 cm³/mol. The van der Waals surface area contributed by atoms with E-state index in [9.17, 15) is 9.59 Å². The minimum Gasteiger partial charge on any atom is -0.352 e. The maximum atomic E-state index is 12.9. The maximum absolute atomic E-state index is 12.9. The van der Waals surface area contributed by atoms with Crippen LogP contribution in [0.4, 0.5) is 5.69 Å². The molecule has 0 aromatic heterocycles. The van der Waals surface area contributed by atoms with Crippen LogP contribution in [0.2, 0.25) is 0 Å². The highest BCUT2D eigenvalue weighted by Gasteiger charge is 2.24. The molecule has 2 aromatic rings. The second-order valence-corrected chi connectivity index (χ2v) is 7.71. The van der Waals surface area contributed by atoms with Crippen LogP contribution < -0.4 is 10.2 Å². The summed E-state index contributed by atoms with van der Waals surface area (Å²) in [5, 5.41) is 2.98. The Morgan fingerprint density at radius 2 is 1.78 bits per heavy atom. The molecule has 1 heterocycles. The molecule has 0 aliphatic carbocycles. The van der Waals surface area contributed by atoms with Crippen LogP contribution in [0.1, 0.15) is 58.5 Å². The lowest BCUT2D eigenvalue weighted by atomic mass is 9.98. The Bertz CT molecular complexity index is 825. The van der Waals surface area contributed by atoms with Gasteiger partial charge in [0.1, 0.15) is 0 Å². The van der Waals surface area contributed by atoms with E-state index in [1.165, 1.54) is 0 Å². The van der Waals surface area contributed by atoms with Gasteiger partial charge in [-0.15, -0.1) is 0 Å². The van der Waals surface area contributed by atoms with Crippen molar-refractivity contribution in [3.05, 3.63) is 64.7 Å². The van der Waals surface area contributed by atoms with Crippen LogP contribution in [0.3, 0.4) is 0 Å². The molecular formula is C23H28N2O2. The topological polar surface area (TPSA) is 49.4 Å². The van der Waals surface area contributed by atoms with Gasteiger partial charge in [-0.05, 0) is 68.0 Å². The molecule has 0 saturated heterocycles. The van der Waals surface area contributed by atoms with E-state index in [0.717, 1.165) is 36.1 Å². The summed E-state index contributed by atoms with van der Waals surface area (Å²) in [5.74, 6) is 0.542. The first kappa shape index (κ1) is 19.2. The zero-order valence-corrected chi connectivity index (χ0v) is 16.4. The standard InChI is InChI=1S/C23H28N2O2/c1-16(2)12-13-24-22(26)20-10-11-21-19(15-20)5-4-14-25(21)23(27)18-8-6-17(3)7-9-18/h6-11,15-16H,4-5,12-14H2,1-3H3,(H,24,26). The van der Waals surface area contributed by atoms with Crippen molar-refractivity contribution in [2.24, 2.45) is 5.92 Å². The second-order valence-electron chi connectivity index (χ2n) is 7.71. The molecule has 1 aliphatic rings. The maximum Gasteiger partial charge on any atom is 0.258 e. The van der Waals surface area contributed by atoms with Gasteiger partial charge in [0, 0.05) is 29.9 Å². The third-order valence-electron chi connectivity index (χ3n) is 5.01. The fraction of sp³-hybridized carbons (Fsp3) is 0.391. The summed E-state index contributed by atoms with van der Waals surface area (Å²) in [6, 6.07) is 13.4. The molecule has 1 N–H and O–H groups in total. The summed E-state index contributed by atoms with van der Waals surface area (Å²) in [5.41, 5.74) is 4.49. The number of benzene rings is 2. The smallest absolute Gasteiger partial charge is 0.258 e. The van der Waals surface area contributed by atoms with E-state index in [-0.39, 0.29) is 11.8 Å². The molecule has 0 fully saturated rings. The van der Waals surface area contributed by atoms with Crippen molar-refractivity contribution in [1.29, 1.82) is 0 Å². The predicted octanol–water partition coefficient (Wildman–Crippen LogP) is 4.36. The van der Waals surface area contributed by atoms with Gasteiger partial charge < -0.3 is 10.2 Å². The van der Waals surface area contributed by atoms with Crippen molar-refractivity contribution in [3.8, 4) is 0 Å². The average molecular weight is 364 g/mol. The number of aryl methyl sites for hydroxylation is 2. The minimum absolute atomic E-state index is 0.0186. The summed E-state index contributed by atoms with van der Waals surface area (Å²) < 4.78 is 0. The zero-order chi connectivity index (χ0) is 19.4. The molecule has 0 radical (unpaired) electrons. The summed E-state index contributed by atoms with van der Waals surface area (Å²) in [7, 11) is 0. The molecule has 142 valence electrons. The van der Waals surface area contributed by atoms with E-state index >= 15 is 0 Å². The van der Waals surface area contributed by atoms with Crippen molar-refractivity contribution in [1.82, 2.24) is 5.32 Å². The lowest BCUT2D eigenvalue weighted by Crippen LogP contribution is -2.35. The second kappa shape index (κ2) is 8.38. The van der Waals surface area contributed by atoms with E-state index in [1.807, 2.05) is 54.3 Å². The van der Waals surface area contributed by atoms with Gasteiger partial charge in [0.25, 0.3) is 11.8 Å². The highest BCUT2D eigenvalue weighted by molar-refractivity contribution is 6.07. The largest absolute Gasteiger partial charge is 0.352 e. The van der Waals surface area contributed by atoms with Gasteiger partial charge in [-0.1, -0.05) is 31.5 Å².